The molecule has 2 aromatic rings. The van der Waals surface area contributed by atoms with Gasteiger partial charge in [0.05, 0.1) is 18.8 Å². The maximum atomic E-state index is 14.1. The van der Waals surface area contributed by atoms with Crippen LogP contribution in [0, 0.1) is 5.82 Å². The van der Waals surface area contributed by atoms with Crippen LogP contribution in [-0.4, -0.2) is 18.0 Å². The minimum absolute atomic E-state index is 0.206. The van der Waals surface area contributed by atoms with Crippen molar-refractivity contribution in [1.29, 1.82) is 0 Å². The molecule has 1 heterocycles. The molecule has 1 aromatic heterocycles. The molecule has 0 bridgehead atoms. The van der Waals surface area contributed by atoms with Crippen molar-refractivity contribution in [2.45, 2.75) is 19.5 Å². The lowest BCUT2D eigenvalue weighted by Gasteiger charge is -2.29. The molecule has 3 nitrogen and oxygen atoms in total. The highest BCUT2D eigenvalue weighted by molar-refractivity contribution is 6.30. The fourth-order valence-electron chi connectivity index (χ4n) is 2.29. The van der Waals surface area contributed by atoms with Crippen LogP contribution >= 0.6 is 11.6 Å². The molecule has 0 aliphatic heterocycles. The second-order valence-electron chi connectivity index (χ2n) is 4.56. The summed E-state index contributed by atoms with van der Waals surface area (Å²) in [6.07, 6.45) is 1.63. The number of nitrogens with zero attached hydrogens (tertiary/aromatic N) is 1. The Morgan fingerprint density at radius 1 is 1.40 bits per heavy atom. The maximum absolute atomic E-state index is 14.1. The number of likely N-dealkylation sites (N-methyl/N-ethyl adjacent to an activating group) is 1. The van der Waals surface area contributed by atoms with Crippen LogP contribution < -0.4 is 5.73 Å². The van der Waals surface area contributed by atoms with E-state index in [0.717, 1.165) is 12.3 Å². The number of furan rings is 1. The van der Waals surface area contributed by atoms with E-state index in [4.69, 9.17) is 21.8 Å². The lowest BCUT2D eigenvalue weighted by molar-refractivity contribution is 0.184. The first kappa shape index (κ1) is 15.0. The Morgan fingerprint density at radius 3 is 2.75 bits per heavy atom. The molecule has 1 unspecified atom stereocenters. The van der Waals surface area contributed by atoms with Crippen LogP contribution in [0.4, 0.5) is 4.39 Å². The standard InChI is InChI=1S/C15H18ClFN2O/c1-2-19(10-12-4-3-7-20-12)15(9-18)13-6-5-11(16)8-14(13)17/h3-8,15H,2,9-10,18H2,1H3. The predicted molar refractivity (Wildman–Crippen MR) is 78.0 cm³/mol. The molecule has 0 amide bonds. The molecule has 20 heavy (non-hydrogen) atoms. The monoisotopic (exact) mass is 296 g/mol. The van der Waals surface area contributed by atoms with Crippen molar-refractivity contribution < 1.29 is 8.81 Å². The minimum Gasteiger partial charge on any atom is -0.468 e. The Kier molecular flexibility index (Phi) is 5.17. The number of hydrogen-bond donors (Lipinski definition) is 1. The van der Waals surface area contributed by atoms with Crippen LogP contribution in [0.15, 0.2) is 41.0 Å². The molecule has 0 radical (unpaired) electrons. The number of benzene rings is 1. The molecular formula is C15H18ClFN2O. The number of rotatable bonds is 6. The Labute approximate surface area is 123 Å². The van der Waals surface area contributed by atoms with Crippen molar-refractivity contribution in [1.82, 2.24) is 4.90 Å². The van der Waals surface area contributed by atoms with E-state index in [-0.39, 0.29) is 11.9 Å². The van der Waals surface area contributed by atoms with E-state index in [2.05, 4.69) is 4.90 Å². The largest absolute Gasteiger partial charge is 0.468 e. The third-order valence-corrected chi connectivity index (χ3v) is 3.57. The zero-order valence-corrected chi connectivity index (χ0v) is 12.1. The van der Waals surface area contributed by atoms with Gasteiger partial charge in [-0.05, 0) is 30.8 Å². The van der Waals surface area contributed by atoms with Crippen molar-refractivity contribution >= 4 is 11.6 Å². The van der Waals surface area contributed by atoms with Crippen molar-refractivity contribution in [3.05, 3.63) is 58.8 Å². The average Bonchev–Trinajstić information content (AvgIpc) is 2.93. The molecule has 1 atom stereocenters. The molecule has 0 aliphatic rings. The number of hydrogen-bond acceptors (Lipinski definition) is 3. The molecule has 2 N–H and O–H groups in total. The molecule has 108 valence electrons. The van der Waals surface area contributed by atoms with Gasteiger partial charge in [0.2, 0.25) is 0 Å². The van der Waals surface area contributed by atoms with E-state index in [1.807, 2.05) is 19.1 Å². The number of nitrogens with two attached hydrogens (primary N) is 1. The van der Waals surface area contributed by atoms with E-state index in [1.165, 1.54) is 6.07 Å². The summed E-state index contributed by atoms with van der Waals surface area (Å²) in [7, 11) is 0. The lowest BCUT2D eigenvalue weighted by Crippen LogP contribution is -2.33. The van der Waals surface area contributed by atoms with Gasteiger partial charge in [-0.1, -0.05) is 24.6 Å². The Bertz CT molecular complexity index is 545. The molecule has 0 spiro atoms. The maximum Gasteiger partial charge on any atom is 0.129 e. The molecule has 2 rings (SSSR count). The molecule has 0 aliphatic carbocycles. The Balaban J connectivity index is 2.24. The van der Waals surface area contributed by atoms with E-state index >= 15 is 0 Å². The van der Waals surface area contributed by atoms with Gasteiger partial charge in [-0.3, -0.25) is 4.90 Å². The van der Waals surface area contributed by atoms with Gasteiger partial charge >= 0.3 is 0 Å². The first-order valence-corrected chi connectivity index (χ1v) is 6.95. The quantitative estimate of drug-likeness (QED) is 0.886. The van der Waals surface area contributed by atoms with Gasteiger partial charge < -0.3 is 10.2 Å². The fraction of sp³-hybridized carbons (Fsp3) is 0.333. The van der Waals surface area contributed by atoms with Crippen molar-refractivity contribution in [2.75, 3.05) is 13.1 Å². The summed E-state index contributed by atoms with van der Waals surface area (Å²) < 4.78 is 19.4. The van der Waals surface area contributed by atoms with Crippen LogP contribution in [0.5, 0.6) is 0 Å². The smallest absolute Gasteiger partial charge is 0.129 e. The summed E-state index contributed by atoms with van der Waals surface area (Å²) in [6.45, 7) is 3.67. The van der Waals surface area contributed by atoms with Crippen molar-refractivity contribution in [2.24, 2.45) is 5.73 Å². The van der Waals surface area contributed by atoms with Gasteiger partial charge in [-0.15, -0.1) is 0 Å². The van der Waals surface area contributed by atoms with Gasteiger partial charge in [0, 0.05) is 17.1 Å². The summed E-state index contributed by atoms with van der Waals surface area (Å²) in [6, 6.07) is 8.23. The summed E-state index contributed by atoms with van der Waals surface area (Å²) in [5, 5.41) is 0.385. The van der Waals surface area contributed by atoms with Gasteiger partial charge in [0.15, 0.2) is 0 Å². The highest BCUT2D eigenvalue weighted by atomic mass is 35.5. The SMILES string of the molecule is CCN(Cc1ccco1)C(CN)c1ccc(Cl)cc1F. The first-order chi connectivity index (χ1) is 9.65. The molecule has 1 aromatic carbocycles. The minimum atomic E-state index is -0.328. The molecule has 5 heteroatoms. The van der Waals surface area contributed by atoms with E-state index in [0.29, 0.717) is 23.7 Å². The van der Waals surface area contributed by atoms with E-state index < -0.39 is 0 Å². The van der Waals surface area contributed by atoms with Gasteiger partial charge in [0.25, 0.3) is 0 Å². The Hall–Kier alpha value is -1.36. The lowest BCUT2D eigenvalue weighted by atomic mass is 10.0. The summed E-state index contributed by atoms with van der Waals surface area (Å²) in [4.78, 5) is 2.07. The van der Waals surface area contributed by atoms with Crippen LogP contribution in [0.2, 0.25) is 5.02 Å². The molecule has 0 fully saturated rings. The van der Waals surface area contributed by atoms with Crippen molar-refractivity contribution in [3.8, 4) is 0 Å². The highest BCUT2D eigenvalue weighted by Crippen LogP contribution is 2.26. The summed E-state index contributed by atoms with van der Waals surface area (Å²) in [5.41, 5.74) is 6.41. The second-order valence-corrected chi connectivity index (χ2v) is 5.00. The zero-order chi connectivity index (χ0) is 14.5. The van der Waals surface area contributed by atoms with E-state index in [1.54, 1.807) is 18.4 Å². The third-order valence-electron chi connectivity index (χ3n) is 3.33. The topological polar surface area (TPSA) is 42.4 Å². The van der Waals surface area contributed by atoms with Crippen LogP contribution in [-0.2, 0) is 6.54 Å². The molecular weight excluding hydrogens is 279 g/mol. The fourth-order valence-corrected chi connectivity index (χ4v) is 2.45. The highest BCUT2D eigenvalue weighted by Gasteiger charge is 2.22. The molecule has 0 saturated heterocycles. The third kappa shape index (κ3) is 3.39. The van der Waals surface area contributed by atoms with Crippen molar-refractivity contribution in [3.63, 3.8) is 0 Å². The average molecular weight is 297 g/mol. The van der Waals surface area contributed by atoms with Crippen LogP contribution in [0.3, 0.4) is 0 Å². The van der Waals surface area contributed by atoms with Gasteiger partial charge in [-0.25, -0.2) is 4.39 Å². The second kappa shape index (κ2) is 6.88. The van der Waals surface area contributed by atoms with Gasteiger partial charge in [0.1, 0.15) is 11.6 Å². The van der Waals surface area contributed by atoms with Crippen LogP contribution in [0.25, 0.3) is 0 Å². The molecule has 0 saturated carbocycles. The normalized spacial score (nSPS) is 12.8. The zero-order valence-electron chi connectivity index (χ0n) is 11.4. The predicted octanol–water partition coefficient (Wildman–Crippen LogP) is 3.59. The van der Waals surface area contributed by atoms with Gasteiger partial charge in [-0.2, -0.15) is 0 Å². The summed E-state index contributed by atoms with van der Waals surface area (Å²) in [5.74, 6) is 0.505. The first-order valence-electron chi connectivity index (χ1n) is 6.57. The Morgan fingerprint density at radius 2 is 2.20 bits per heavy atom. The summed E-state index contributed by atoms with van der Waals surface area (Å²) >= 11 is 5.79. The van der Waals surface area contributed by atoms with E-state index in [9.17, 15) is 4.39 Å². The number of halogens is 2. The van der Waals surface area contributed by atoms with Crippen LogP contribution in [0.1, 0.15) is 24.3 Å².